The van der Waals surface area contributed by atoms with Crippen molar-refractivity contribution in [1.29, 1.82) is 0 Å². The van der Waals surface area contributed by atoms with E-state index in [1.54, 1.807) is 33.9 Å². The zero-order valence-corrected chi connectivity index (χ0v) is 12.1. The van der Waals surface area contributed by atoms with Gasteiger partial charge in [-0.15, -0.1) is 0 Å². The number of benzene rings is 1. The summed E-state index contributed by atoms with van der Waals surface area (Å²) in [4.78, 5) is 13.1. The Morgan fingerprint density at radius 1 is 1.50 bits per heavy atom. The summed E-state index contributed by atoms with van der Waals surface area (Å²) in [5, 5.41) is 11.1. The van der Waals surface area contributed by atoms with Gasteiger partial charge < -0.3 is 14.8 Å². The molecule has 0 aliphatic heterocycles. The number of oxime groups is 1. The topological polar surface area (TPSA) is 62.1 Å². The lowest BCUT2D eigenvalue weighted by atomic mass is 10.1. The van der Waals surface area contributed by atoms with Gasteiger partial charge in [0.2, 0.25) is 0 Å². The number of hydrogen-bond acceptors (Lipinski definition) is 4. The van der Waals surface area contributed by atoms with Crippen molar-refractivity contribution in [2.45, 2.75) is 32.9 Å². The van der Waals surface area contributed by atoms with Gasteiger partial charge in [-0.2, -0.15) is 0 Å². The minimum absolute atomic E-state index is 0.177. The molecule has 0 aliphatic carbocycles. The Balaban J connectivity index is 2.73. The molecule has 1 rings (SSSR count). The molecule has 0 heterocycles. The normalized spacial score (nSPS) is 11.7. The van der Waals surface area contributed by atoms with E-state index in [1.807, 2.05) is 0 Å². The van der Waals surface area contributed by atoms with Crippen LogP contribution in [0.5, 0.6) is 0 Å². The minimum Gasteiger partial charge on any atom is -0.444 e. The lowest BCUT2D eigenvalue weighted by Gasteiger charge is -2.24. The molecule has 5 nitrogen and oxygen atoms in total. The van der Waals surface area contributed by atoms with Gasteiger partial charge in [0.15, 0.2) is 0 Å². The first-order valence-electron chi connectivity index (χ1n) is 6.13. The maximum Gasteiger partial charge on any atom is 0.410 e. The second-order valence-electron chi connectivity index (χ2n) is 5.44. The molecule has 20 heavy (non-hydrogen) atoms. The molecule has 110 valence electrons. The lowest BCUT2D eigenvalue weighted by Crippen LogP contribution is -2.33. The average molecular weight is 282 g/mol. The summed E-state index contributed by atoms with van der Waals surface area (Å²) in [5.41, 5.74) is 0.222. The number of carbonyl (C=O) groups excluding carboxylic acids is 1. The van der Waals surface area contributed by atoms with Crippen LogP contribution in [0.1, 0.15) is 31.9 Å². The van der Waals surface area contributed by atoms with Gasteiger partial charge in [-0.05, 0) is 32.4 Å². The Morgan fingerprint density at radius 2 is 2.15 bits per heavy atom. The average Bonchev–Trinajstić information content (AvgIpc) is 2.30. The zero-order chi connectivity index (χ0) is 15.3. The minimum atomic E-state index is -0.571. The Bertz CT molecular complexity index is 510. The third-order valence-electron chi connectivity index (χ3n) is 2.39. The first kappa shape index (κ1) is 15.9. The van der Waals surface area contributed by atoms with E-state index >= 15 is 0 Å². The van der Waals surface area contributed by atoms with Gasteiger partial charge in [0.05, 0.1) is 6.21 Å². The summed E-state index contributed by atoms with van der Waals surface area (Å²) in [6.07, 6.45) is 0.537. The fourth-order valence-corrected chi connectivity index (χ4v) is 1.51. The lowest BCUT2D eigenvalue weighted by molar-refractivity contribution is 0.0285. The number of amides is 1. The SMILES string of the molecule is CN(Cc1ccc(/C=N/O)c(F)c1)C(=O)OC(C)(C)C. The van der Waals surface area contributed by atoms with Crippen LogP contribution in [0.15, 0.2) is 23.4 Å². The predicted molar refractivity (Wildman–Crippen MR) is 73.5 cm³/mol. The van der Waals surface area contributed by atoms with E-state index in [-0.39, 0.29) is 12.1 Å². The van der Waals surface area contributed by atoms with Gasteiger partial charge in [0.1, 0.15) is 11.4 Å². The first-order valence-corrected chi connectivity index (χ1v) is 6.13. The fourth-order valence-electron chi connectivity index (χ4n) is 1.51. The van der Waals surface area contributed by atoms with Gasteiger partial charge >= 0.3 is 6.09 Å². The molecule has 0 aromatic heterocycles. The molecule has 0 aliphatic rings. The van der Waals surface area contributed by atoms with E-state index in [9.17, 15) is 9.18 Å². The Hall–Kier alpha value is -2.11. The third-order valence-corrected chi connectivity index (χ3v) is 2.39. The molecule has 1 N–H and O–H groups in total. The van der Waals surface area contributed by atoms with Crippen molar-refractivity contribution in [3.63, 3.8) is 0 Å². The highest BCUT2D eigenvalue weighted by Crippen LogP contribution is 2.13. The van der Waals surface area contributed by atoms with Gasteiger partial charge in [-0.1, -0.05) is 17.3 Å². The Morgan fingerprint density at radius 3 is 2.65 bits per heavy atom. The highest BCUT2D eigenvalue weighted by molar-refractivity contribution is 5.79. The summed E-state index contributed by atoms with van der Waals surface area (Å²) in [6, 6.07) is 4.42. The Labute approximate surface area is 117 Å². The van der Waals surface area contributed by atoms with E-state index in [0.717, 1.165) is 6.21 Å². The molecule has 6 heteroatoms. The van der Waals surface area contributed by atoms with Crippen molar-refractivity contribution in [3.8, 4) is 0 Å². The largest absolute Gasteiger partial charge is 0.444 e. The van der Waals surface area contributed by atoms with Gasteiger partial charge in [0.25, 0.3) is 0 Å². The van der Waals surface area contributed by atoms with Crippen molar-refractivity contribution in [3.05, 3.63) is 35.1 Å². The van der Waals surface area contributed by atoms with Gasteiger partial charge in [0, 0.05) is 19.2 Å². The second-order valence-corrected chi connectivity index (χ2v) is 5.44. The molecule has 0 bridgehead atoms. The van der Waals surface area contributed by atoms with E-state index in [2.05, 4.69) is 5.16 Å². The maximum absolute atomic E-state index is 13.6. The van der Waals surface area contributed by atoms with Crippen LogP contribution in [0.4, 0.5) is 9.18 Å². The number of nitrogens with zero attached hydrogens (tertiary/aromatic N) is 2. The molecule has 0 saturated carbocycles. The van der Waals surface area contributed by atoms with Crippen LogP contribution in [-0.4, -0.2) is 35.1 Å². The fraction of sp³-hybridized carbons (Fsp3) is 0.429. The molecular weight excluding hydrogens is 263 g/mol. The number of ether oxygens (including phenoxy) is 1. The summed E-state index contributed by atoms with van der Waals surface area (Å²) >= 11 is 0. The molecular formula is C14H19FN2O3. The molecule has 0 fully saturated rings. The first-order chi connectivity index (χ1) is 9.23. The molecule has 1 amide bonds. The molecule has 0 spiro atoms. The number of carbonyl (C=O) groups is 1. The summed E-state index contributed by atoms with van der Waals surface area (Å²) < 4.78 is 18.8. The van der Waals surface area contributed by atoms with Crippen LogP contribution in [0.25, 0.3) is 0 Å². The van der Waals surface area contributed by atoms with Crippen molar-refractivity contribution in [2.75, 3.05) is 7.05 Å². The molecule has 0 atom stereocenters. The maximum atomic E-state index is 13.6. The standard InChI is InChI=1S/C14H19FN2O3/c1-14(2,3)20-13(18)17(4)9-10-5-6-11(8-16-19)12(15)7-10/h5-8,19H,9H2,1-4H3/b16-8+. The van der Waals surface area contributed by atoms with Crippen LogP contribution >= 0.6 is 0 Å². The van der Waals surface area contributed by atoms with Gasteiger partial charge in [-0.25, -0.2) is 9.18 Å². The molecule has 0 saturated heterocycles. The van der Waals surface area contributed by atoms with Crippen molar-refractivity contribution in [1.82, 2.24) is 4.90 Å². The van der Waals surface area contributed by atoms with Crippen LogP contribution in [-0.2, 0) is 11.3 Å². The number of halogens is 1. The van der Waals surface area contributed by atoms with E-state index < -0.39 is 17.5 Å². The van der Waals surface area contributed by atoms with E-state index in [4.69, 9.17) is 9.94 Å². The Kier molecular flexibility index (Phi) is 5.07. The molecule has 1 aromatic rings. The molecule has 1 aromatic carbocycles. The quantitative estimate of drug-likeness (QED) is 0.526. The number of rotatable bonds is 3. The van der Waals surface area contributed by atoms with E-state index in [0.29, 0.717) is 5.56 Å². The van der Waals surface area contributed by atoms with Crippen LogP contribution < -0.4 is 0 Å². The summed E-state index contributed by atoms with van der Waals surface area (Å²) in [6.45, 7) is 5.56. The van der Waals surface area contributed by atoms with Gasteiger partial charge in [-0.3, -0.25) is 0 Å². The second kappa shape index (κ2) is 6.36. The number of hydrogen-bond donors (Lipinski definition) is 1. The molecule has 0 unspecified atom stereocenters. The zero-order valence-electron chi connectivity index (χ0n) is 12.1. The highest BCUT2D eigenvalue weighted by Gasteiger charge is 2.19. The van der Waals surface area contributed by atoms with Crippen molar-refractivity contribution >= 4 is 12.3 Å². The van der Waals surface area contributed by atoms with Crippen LogP contribution in [0.2, 0.25) is 0 Å². The third kappa shape index (κ3) is 4.87. The van der Waals surface area contributed by atoms with Crippen molar-refractivity contribution < 1.29 is 19.1 Å². The van der Waals surface area contributed by atoms with E-state index in [1.165, 1.54) is 17.0 Å². The smallest absolute Gasteiger partial charge is 0.410 e. The molecule has 0 radical (unpaired) electrons. The summed E-state index contributed by atoms with van der Waals surface area (Å²) in [7, 11) is 1.58. The summed E-state index contributed by atoms with van der Waals surface area (Å²) in [5.74, 6) is -0.516. The van der Waals surface area contributed by atoms with Crippen LogP contribution in [0, 0.1) is 5.82 Å². The highest BCUT2D eigenvalue weighted by atomic mass is 19.1. The predicted octanol–water partition coefficient (Wildman–Crippen LogP) is 3.00. The van der Waals surface area contributed by atoms with Crippen LogP contribution in [0.3, 0.4) is 0 Å². The monoisotopic (exact) mass is 282 g/mol. The van der Waals surface area contributed by atoms with Crippen molar-refractivity contribution in [2.24, 2.45) is 5.16 Å².